The molecule has 3 saturated heterocycles. The van der Waals surface area contributed by atoms with Crippen molar-refractivity contribution in [2.24, 2.45) is 0 Å². The minimum atomic E-state index is -0.917. The number of nitrogens with zero attached hydrogens (tertiary/aromatic N) is 2. The molecule has 4 aliphatic rings. The molecule has 184 valence electrons. The fraction of sp³-hybridized carbons (Fsp3) is 0.667. The summed E-state index contributed by atoms with van der Waals surface area (Å²) >= 11 is 0. The number of hydrogen-bond donors (Lipinski definition) is 1. The second-order valence-corrected chi connectivity index (χ2v) is 10.5. The molecular formula is C27H37N3O4. The first kappa shape index (κ1) is 23.5. The van der Waals surface area contributed by atoms with E-state index in [1.54, 1.807) is 4.90 Å². The number of ketones is 1. The molecule has 1 aromatic carbocycles. The number of benzene rings is 1. The van der Waals surface area contributed by atoms with Crippen LogP contribution in [0.4, 0.5) is 0 Å². The molecule has 0 bridgehead atoms. The van der Waals surface area contributed by atoms with Gasteiger partial charge >= 0.3 is 0 Å². The lowest BCUT2D eigenvalue weighted by atomic mass is 9.88. The van der Waals surface area contributed by atoms with Gasteiger partial charge in [-0.3, -0.25) is 14.4 Å². The molecular weight excluding hydrogens is 430 g/mol. The Morgan fingerprint density at radius 3 is 2.44 bits per heavy atom. The van der Waals surface area contributed by atoms with Crippen molar-refractivity contribution in [3.8, 4) is 0 Å². The number of rotatable bonds is 6. The highest BCUT2D eigenvalue weighted by molar-refractivity contribution is 6.01. The molecule has 2 atom stereocenters. The highest BCUT2D eigenvalue weighted by Gasteiger charge is 2.53. The first-order chi connectivity index (χ1) is 16.5. The van der Waals surface area contributed by atoms with Gasteiger partial charge in [-0.05, 0) is 81.8 Å². The van der Waals surface area contributed by atoms with Crippen molar-refractivity contribution < 1.29 is 19.1 Å². The number of amides is 2. The zero-order valence-electron chi connectivity index (χ0n) is 20.3. The van der Waals surface area contributed by atoms with E-state index in [9.17, 15) is 14.4 Å². The lowest BCUT2D eigenvalue weighted by molar-refractivity contribution is -0.142. The Balaban J connectivity index is 1.25. The molecule has 7 nitrogen and oxygen atoms in total. The van der Waals surface area contributed by atoms with E-state index in [1.807, 2.05) is 12.1 Å². The van der Waals surface area contributed by atoms with Crippen molar-refractivity contribution in [1.82, 2.24) is 15.1 Å². The van der Waals surface area contributed by atoms with E-state index in [0.29, 0.717) is 37.3 Å². The summed E-state index contributed by atoms with van der Waals surface area (Å²) in [5.74, 6) is 0.207. The molecule has 0 unspecified atom stereocenters. The van der Waals surface area contributed by atoms with Crippen LogP contribution in [0.2, 0.25) is 0 Å². The molecule has 4 fully saturated rings. The van der Waals surface area contributed by atoms with Gasteiger partial charge in [0.25, 0.3) is 5.91 Å². The van der Waals surface area contributed by atoms with Crippen molar-refractivity contribution in [2.75, 3.05) is 32.8 Å². The minimum absolute atomic E-state index is 0.0218. The molecule has 3 aliphatic heterocycles. The Bertz CT molecular complexity index is 916. The largest absolute Gasteiger partial charge is 0.368 e. The smallest absolute Gasteiger partial charge is 0.252 e. The maximum Gasteiger partial charge on any atom is 0.252 e. The van der Waals surface area contributed by atoms with Crippen molar-refractivity contribution in [3.63, 3.8) is 0 Å². The summed E-state index contributed by atoms with van der Waals surface area (Å²) < 4.78 is 5.56. The van der Waals surface area contributed by atoms with Gasteiger partial charge in [0, 0.05) is 12.1 Å². The van der Waals surface area contributed by atoms with E-state index in [0.717, 1.165) is 38.8 Å². The molecule has 1 N–H and O–H groups in total. The third kappa shape index (κ3) is 4.40. The zero-order chi connectivity index (χ0) is 23.7. The number of piperidine rings is 1. The van der Waals surface area contributed by atoms with Crippen LogP contribution in [0.15, 0.2) is 24.3 Å². The number of carbonyl (C=O) groups is 3. The molecule has 1 aromatic rings. The van der Waals surface area contributed by atoms with E-state index >= 15 is 0 Å². The first-order valence-electron chi connectivity index (χ1n) is 13.1. The standard InChI is InChI=1S/C27H37N3O4/c1-2-14-29-15-9-20(10-16-29)19-5-7-21(8-6-19)25(32)28-27(12-3-4-13-27)26(33)30-17-11-23-24(30)22(31)18-34-23/h5-8,20,23-24H,2-4,9-18H2,1H3,(H,28,32)/t23-,24-/m1/s1. The van der Waals surface area contributed by atoms with Crippen LogP contribution < -0.4 is 5.32 Å². The quantitative estimate of drug-likeness (QED) is 0.696. The van der Waals surface area contributed by atoms with Gasteiger partial charge in [0.15, 0.2) is 5.78 Å². The summed E-state index contributed by atoms with van der Waals surface area (Å²) in [6.45, 7) is 6.27. The average molecular weight is 468 g/mol. The van der Waals surface area contributed by atoms with Gasteiger partial charge in [0.05, 0.1) is 6.10 Å². The highest BCUT2D eigenvalue weighted by Crippen LogP contribution is 2.36. The lowest BCUT2D eigenvalue weighted by Gasteiger charge is -2.35. The van der Waals surface area contributed by atoms with Gasteiger partial charge in [0.2, 0.25) is 5.91 Å². The van der Waals surface area contributed by atoms with Gasteiger partial charge in [-0.15, -0.1) is 0 Å². The number of Topliss-reactive ketones (excluding diaryl/α,β-unsaturated/α-hetero) is 1. The highest BCUT2D eigenvalue weighted by atomic mass is 16.5. The van der Waals surface area contributed by atoms with E-state index in [1.165, 1.54) is 18.5 Å². The zero-order valence-corrected chi connectivity index (χ0v) is 20.3. The Morgan fingerprint density at radius 2 is 1.76 bits per heavy atom. The summed E-state index contributed by atoms with van der Waals surface area (Å²) in [5.41, 5.74) is 0.965. The van der Waals surface area contributed by atoms with Crippen molar-refractivity contribution >= 4 is 17.6 Å². The van der Waals surface area contributed by atoms with Crippen LogP contribution in [0.5, 0.6) is 0 Å². The predicted molar refractivity (Wildman–Crippen MR) is 129 cm³/mol. The molecule has 0 aromatic heterocycles. The summed E-state index contributed by atoms with van der Waals surface area (Å²) in [4.78, 5) is 43.4. The number of ether oxygens (including phenoxy) is 1. The Morgan fingerprint density at radius 1 is 1.06 bits per heavy atom. The van der Waals surface area contributed by atoms with E-state index < -0.39 is 11.6 Å². The van der Waals surface area contributed by atoms with E-state index in [-0.39, 0.29) is 30.3 Å². The van der Waals surface area contributed by atoms with Crippen LogP contribution in [0.25, 0.3) is 0 Å². The fourth-order valence-corrected chi connectivity index (χ4v) is 6.47. The van der Waals surface area contributed by atoms with E-state index in [4.69, 9.17) is 4.74 Å². The van der Waals surface area contributed by atoms with Gasteiger partial charge in [0.1, 0.15) is 18.2 Å². The van der Waals surface area contributed by atoms with Crippen LogP contribution in [0, 0.1) is 0 Å². The molecule has 3 heterocycles. The van der Waals surface area contributed by atoms with Crippen LogP contribution in [-0.2, 0) is 14.3 Å². The minimum Gasteiger partial charge on any atom is -0.368 e. The lowest BCUT2D eigenvalue weighted by Crippen LogP contribution is -2.60. The summed E-state index contributed by atoms with van der Waals surface area (Å²) in [6, 6.07) is 7.48. The van der Waals surface area contributed by atoms with Gasteiger partial charge < -0.3 is 19.9 Å². The number of nitrogens with one attached hydrogen (secondary N) is 1. The molecule has 34 heavy (non-hydrogen) atoms. The molecule has 1 aliphatic carbocycles. The molecule has 1 saturated carbocycles. The topological polar surface area (TPSA) is 79.0 Å². The van der Waals surface area contributed by atoms with Crippen LogP contribution >= 0.6 is 0 Å². The molecule has 7 heteroatoms. The third-order valence-corrected chi connectivity index (χ3v) is 8.36. The second kappa shape index (κ2) is 9.78. The Kier molecular flexibility index (Phi) is 6.76. The van der Waals surface area contributed by atoms with E-state index in [2.05, 4.69) is 29.3 Å². The molecule has 2 amide bonds. The van der Waals surface area contributed by atoms with Crippen molar-refractivity contribution in [1.29, 1.82) is 0 Å². The number of hydrogen-bond acceptors (Lipinski definition) is 5. The summed E-state index contributed by atoms with van der Waals surface area (Å²) in [5, 5.41) is 3.11. The SMILES string of the molecule is CCCN1CCC(c2ccc(C(=O)NC3(C(=O)N4CC[C@H]5OCC(=O)[C@H]54)CCCC3)cc2)CC1. The number of likely N-dealkylation sites (tertiary alicyclic amines) is 2. The molecule has 0 spiro atoms. The van der Waals surface area contributed by atoms with Gasteiger partial charge in [-0.2, -0.15) is 0 Å². The monoisotopic (exact) mass is 467 g/mol. The second-order valence-electron chi connectivity index (χ2n) is 10.5. The third-order valence-electron chi connectivity index (χ3n) is 8.36. The molecule has 0 radical (unpaired) electrons. The van der Waals surface area contributed by atoms with Crippen molar-refractivity contribution in [2.45, 2.75) is 81.9 Å². The van der Waals surface area contributed by atoms with Crippen molar-refractivity contribution in [3.05, 3.63) is 35.4 Å². The maximum atomic E-state index is 13.7. The summed E-state index contributed by atoms with van der Waals surface area (Å²) in [6.07, 6.45) is 7.04. The normalized spacial score (nSPS) is 27.2. The maximum absolute atomic E-state index is 13.7. The van der Waals surface area contributed by atoms with Crippen LogP contribution in [-0.4, -0.2) is 77.9 Å². The predicted octanol–water partition coefficient (Wildman–Crippen LogP) is 2.89. The number of carbonyl (C=O) groups excluding carboxylic acids is 3. The fourth-order valence-electron chi connectivity index (χ4n) is 6.47. The Hall–Kier alpha value is -2.25. The van der Waals surface area contributed by atoms with Crippen LogP contribution in [0.3, 0.4) is 0 Å². The van der Waals surface area contributed by atoms with Gasteiger partial charge in [-0.1, -0.05) is 31.9 Å². The van der Waals surface area contributed by atoms with Crippen LogP contribution in [0.1, 0.15) is 80.1 Å². The average Bonchev–Trinajstić information content (AvgIpc) is 3.58. The Labute approximate surface area is 202 Å². The van der Waals surface area contributed by atoms with Gasteiger partial charge in [-0.25, -0.2) is 0 Å². The molecule has 5 rings (SSSR count). The summed E-state index contributed by atoms with van der Waals surface area (Å²) in [7, 11) is 0. The first-order valence-corrected chi connectivity index (χ1v) is 13.1. The number of fused-ring (bicyclic) bond motifs is 1.